The van der Waals surface area contributed by atoms with Crippen molar-refractivity contribution in [2.45, 2.75) is 39.7 Å². The first kappa shape index (κ1) is 16.6. The maximum absolute atomic E-state index is 10.3. The van der Waals surface area contributed by atoms with E-state index in [0.29, 0.717) is 5.75 Å². The lowest BCUT2D eigenvalue weighted by molar-refractivity contribution is 0.452. The van der Waals surface area contributed by atoms with Gasteiger partial charge in [0, 0.05) is 36.4 Å². The number of benzene rings is 1. The molecule has 20 heavy (non-hydrogen) atoms. The molecule has 1 aromatic carbocycles. The van der Waals surface area contributed by atoms with E-state index in [2.05, 4.69) is 43.6 Å². The van der Waals surface area contributed by atoms with Crippen molar-refractivity contribution in [1.82, 2.24) is 5.32 Å². The summed E-state index contributed by atoms with van der Waals surface area (Å²) in [4.78, 5) is 2.22. The van der Waals surface area contributed by atoms with Crippen LogP contribution in [-0.2, 0) is 0 Å². The molecule has 0 aromatic heterocycles. The molecule has 0 saturated heterocycles. The molecule has 1 rings (SSSR count). The number of nitrogens with one attached hydrogen (secondary N) is 1. The van der Waals surface area contributed by atoms with Gasteiger partial charge in [0.25, 0.3) is 0 Å². The van der Waals surface area contributed by atoms with E-state index in [1.807, 2.05) is 18.2 Å². The van der Waals surface area contributed by atoms with E-state index in [0.717, 1.165) is 43.7 Å². The fourth-order valence-electron chi connectivity index (χ4n) is 2.32. The van der Waals surface area contributed by atoms with Gasteiger partial charge in [-0.05, 0) is 32.4 Å². The van der Waals surface area contributed by atoms with Crippen LogP contribution in [0.4, 0.5) is 5.69 Å². The van der Waals surface area contributed by atoms with E-state index in [1.165, 1.54) is 0 Å². The van der Waals surface area contributed by atoms with Gasteiger partial charge in [-0.25, -0.2) is 0 Å². The van der Waals surface area contributed by atoms with E-state index in [1.54, 1.807) is 0 Å². The van der Waals surface area contributed by atoms with Crippen LogP contribution in [-0.4, -0.2) is 24.7 Å². The number of rotatable bonds is 9. The molecule has 0 saturated carbocycles. The lowest BCUT2D eigenvalue weighted by Crippen LogP contribution is -2.24. The summed E-state index contributed by atoms with van der Waals surface area (Å²) >= 11 is 0. The van der Waals surface area contributed by atoms with E-state index < -0.39 is 0 Å². The van der Waals surface area contributed by atoms with Gasteiger partial charge in [0.2, 0.25) is 0 Å². The van der Waals surface area contributed by atoms with Crippen LogP contribution in [0.25, 0.3) is 0 Å². The SMILES string of the molecule is C=CCN(CCC)c1ccc(C(C)NCCC)c(O)c1. The van der Waals surface area contributed by atoms with E-state index in [4.69, 9.17) is 0 Å². The fourth-order valence-corrected chi connectivity index (χ4v) is 2.32. The molecule has 0 aliphatic rings. The van der Waals surface area contributed by atoms with Crippen LogP contribution in [0, 0.1) is 0 Å². The number of aromatic hydroxyl groups is 1. The van der Waals surface area contributed by atoms with Crippen LogP contribution in [0.5, 0.6) is 5.75 Å². The summed E-state index contributed by atoms with van der Waals surface area (Å²) in [6.45, 7) is 12.9. The van der Waals surface area contributed by atoms with Crippen molar-refractivity contribution in [2.75, 3.05) is 24.5 Å². The predicted molar refractivity (Wildman–Crippen MR) is 87.5 cm³/mol. The number of nitrogens with zero attached hydrogens (tertiary/aromatic N) is 1. The van der Waals surface area contributed by atoms with Crippen molar-refractivity contribution in [3.05, 3.63) is 36.4 Å². The second kappa shape index (κ2) is 8.64. The third-order valence-electron chi connectivity index (χ3n) is 3.39. The first-order valence-electron chi connectivity index (χ1n) is 7.56. The molecule has 1 aromatic rings. The highest BCUT2D eigenvalue weighted by molar-refractivity contribution is 5.54. The molecule has 0 aliphatic carbocycles. The van der Waals surface area contributed by atoms with Gasteiger partial charge in [0.1, 0.15) is 5.75 Å². The average molecular weight is 276 g/mol. The number of anilines is 1. The monoisotopic (exact) mass is 276 g/mol. The van der Waals surface area contributed by atoms with Gasteiger partial charge >= 0.3 is 0 Å². The lowest BCUT2D eigenvalue weighted by atomic mass is 10.1. The summed E-state index contributed by atoms with van der Waals surface area (Å²) in [6.07, 6.45) is 4.06. The zero-order chi connectivity index (χ0) is 15.0. The van der Waals surface area contributed by atoms with Crippen molar-refractivity contribution in [3.63, 3.8) is 0 Å². The Hall–Kier alpha value is -1.48. The smallest absolute Gasteiger partial charge is 0.122 e. The van der Waals surface area contributed by atoms with Crippen molar-refractivity contribution < 1.29 is 5.11 Å². The van der Waals surface area contributed by atoms with Gasteiger partial charge in [0.15, 0.2) is 0 Å². The van der Waals surface area contributed by atoms with Crippen LogP contribution in [0.3, 0.4) is 0 Å². The molecule has 0 aliphatic heterocycles. The molecule has 0 radical (unpaired) electrons. The summed E-state index contributed by atoms with van der Waals surface area (Å²) in [5, 5.41) is 13.7. The minimum atomic E-state index is 0.169. The van der Waals surface area contributed by atoms with E-state index in [-0.39, 0.29) is 6.04 Å². The molecule has 0 heterocycles. The first-order chi connectivity index (χ1) is 9.63. The van der Waals surface area contributed by atoms with Crippen LogP contribution >= 0.6 is 0 Å². The van der Waals surface area contributed by atoms with E-state index in [9.17, 15) is 5.11 Å². The zero-order valence-corrected chi connectivity index (χ0v) is 13.0. The summed E-state index contributed by atoms with van der Waals surface area (Å²) in [7, 11) is 0. The Labute approximate surface area is 123 Å². The van der Waals surface area contributed by atoms with Crippen LogP contribution in [0.15, 0.2) is 30.9 Å². The molecule has 0 spiro atoms. The molecule has 0 bridgehead atoms. The molecule has 2 N–H and O–H groups in total. The quantitative estimate of drug-likeness (QED) is 0.672. The first-order valence-corrected chi connectivity index (χ1v) is 7.56. The van der Waals surface area contributed by atoms with Crippen LogP contribution in [0.2, 0.25) is 0 Å². The number of phenols is 1. The molecule has 3 nitrogen and oxygen atoms in total. The maximum atomic E-state index is 10.3. The van der Waals surface area contributed by atoms with Crippen LogP contribution < -0.4 is 10.2 Å². The average Bonchev–Trinajstić information content (AvgIpc) is 2.44. The number of hydrogen-bond donors (Lipinski definition) is 2. The predicted octanol–water partition coefficient (Wildman–Crippen LogP) is 3.86. The summed E-state index contributed by atoms with van der Waals surface area (Å²) in [5.74, 6) is 0.365. The Morgan fingerprint density at radius 2 is 2.10 bits per heavy atom. The number of phenolic OH excluding ortho intramolecular Hbond substituents is 1. The van der Waals surface area contributed by atoms with Crippen molar-refractivity contribution in [2.24, 2.45) is 0 Å². The second-order valence-electron chi connectivity index (χ2n) is 5.15. The summed E-state index contributed by atoms with van der Waals surface area (Å²) in [6, 6.07) is 6.13. The molecular weight excluding hydrogens is 248 g/mol. The topological polar surface area (TPSA) is 35.5 Å². The summed E-state index contributed by atoms with van der Waals surface area (Å²) in [5.41, 5.74) is 2.01. The maximum Gasteiger partial charge on any atom is 0.122 e. The Balaban J connectivity index is 2.87. The van der Waals surface area contributed by atoms with Gasteiger partial charge in [-0.1, -0.05) is 26.0 Å². The Morgan fingerprint density at radius 1 is 1.35 bits per heavy atom. The molecular formula is C17H28N2O. The zero-order valence-electron chi connectivity index (χ0n) is 13.0. The molecule has 1 unspecified atom stereocenters. The van der Waals surface area contributed by atoms with Crippen molar-refractivity contribution >= 4 is 5.69 Å². The Bertz CT molecular complexity index is 417. The molecule has 112 valence electrons. The second-order valence-corrected chi connectivity index (χ2v) is 5.15. The number of hydrogen-bond acceptors (Lipinski definition) is 3. The Kier molecular flexibility index (Phi) is 7.16. The molecule has 1 atom stereocenters. The highest BCUT2D eigenvalue weighted by atomic mass is 16.3. The molecule has 3 heteroatoms. The minimum absolute atomic E-state index is 0.169. The highest BCUT2D eigenvalue weighted by Gasteiger charge is 2.12. The van der Waals surface area contributed by atoms with E-state index >= 15 is 0 Å². The third kappa shape index (κ3) is 4.57. The van der Waals surface area contributed by atoms with Gasteiger partial charge in [-0.3, -0.25) is 0 Å². The lowest BCUT2D eigenvalue weighted by Gasteiger charge is -2.24. The van der Waals surface area contributed by atoms with Crippen molar-refractivity contribution in [3.8, 4) is 5.75 Å². The molecule has 0 fully saturated rings. The normalized spacial score (nSPS) is 12.2. The van der Waals surface area contributed by atoms with Gasteiger partial charge in [0.05, 0.1) is 0 Å². The third-order valence-corrected chi connectivity index (χ3v) is 3.39. The van der Waals surface area contributed by atoms with Gasteiger partial charge in [-0.15, -0.1) is 6.58 Å². The summed E-state index contributed by atoms with van der Waals surface area (Å²) < 4.78 is 0. The highest BCUT2D eigenvalue weighted by Crippen LogP contribution is 2.29. The van der Waals surface area contributed by atoms with Crippen molar-refractivity contribution in [1.29, 1.82) is 0 Å². The molecule has 0 amide bonds. The van der Waals surface area contributed by atoms with Gasteiger partial charge in [-0.2, -0.15) is 0 Å². The Morgan fingerprint density at radius 3 is 2.65 bits per heavy atom. The van der Waals surface area contributed by atoms with Gasteiger partial charge < -0.3 is 15.3 Å². The standard InChI is InChI=1S/C17H28N2O/c1-5-10-18-14(4)16-9-8-15(13-17(16)20)19(11-6-2)12-7-3/h6,8-9,13-14,18,20H,2,5,7,10-12H2,1,3-4H3. The van der Waals surface area contributed by atoms with Crippen LogP contribution in [0.1, 0.15) is 45.2 Å². The largest absolute Gasteiger partial charge is 0.508 e. The minimum Gasteiger partial charge on any atom is -0.508 e. The fraction of sp³-hybridized carbons (Fsp3) is 0.529.